The summed E-state index contributed by atoms with van der Waals surface area (Å²) in [6.45, 7) is 2.38. The predicted octanol–water partition coefficient (Wildman–Crippen LogP) is 0.552. The molecule has 0 saturated carbocycles. The summed E-state index contributed by atoms with van der Waals surface area (Å²) in [5.74, 6) is 0.952. The molecular weight excluding hydrogens is 232 g/mol. The van der Waals surface area contributed by atoms with Gasteiger partial charge in [0.1, 0.15) is 5.82 Å². The Morgan fingerprint density at radius 3 is 2.61 bits per heavy atom. The van der Waals surface area contributed by atoms with Gasteiger partial charge in [0.25, 0.3) is 0 Å². The molecule has 2 rings (SSSR count). The SMILES string of the molecule is OCCOC1CCN(c2ccc(CO)cn2)CC1. The fourth-order valence-electron chi connectivity index (χ4n) is 2.17. The quantitative estimate of drug-likeness (QED) is 0.801. The molecule has 1 aromatic rings. The van der Waals surface area contributed by atoms with Crippen molar-refractivity contribution in [3.8, 4) is 0 Å². The van der Waals surface area contributed by atoms with Gasteiger partial charge in [-0.2, -0.15) is 0 Å². The smallest absolute Gasteiger partial charge is 0.128 e. The number of hydrogen-bond donors (Lipinski definition) is 2. The van der Waals surface area contributed by atoms with E-state index in [4.69, 9.17) is 14.9 Å². The van der Waals surface area contributed by atoms with Gasteiger partial charge >= 0.3 is 0 Å². The van der Waals surface area contributed by atoms with Gasteiger partial charge in [-0.15, -0.1) is 0 Å². The van der Waals surface area contributed by atoms with Gasteiger partial charge in [0, 0.05) is 19.3 Å². The van der Waals surface area contributed by atoms with Crippen molar-refractivity contribution in [2.75, 3.05) is 31.2 Å². The minimum Gasteiger partial charge on any atom is -0.394 e. The molecule has 0 aliphatic carbocycles. The summed E-state index contributed by atoms with van der Waals surface area (Å²) >= 11 is 0. The molecule has 100 valence electrons. The van der Waals surface area contributed by atoms with Crippen molar-refractivity contribution >= 4 is 5.82 Å². The Bertz CT molecular complexity index is 348. The van der Waals surface area contributed by atoms with Crippen LogP contribution in [-0.4, -0.2) is 47.6 Å². The number of ether oxygens (including phenoxy) is 1. The molecule has 5 heteroatoms. The number of rotatable bonds is 5. The Balaban J connectivity index is 1.84. The summed E-state index contributed by atoms with van der Waals surface area (Å²) < 4.78 is 5.52. The van der Waals surface area contributed by atoms with Crippen LogP contribution in [0.5, 0.6) is 0 Å². The summed E-state index contributed by atoms with van der Waals surface area (Å²) in [4.78, 5) is 6.57. The van der Waals surface area contributed by atoms with Crippen LogP contribution in [0.3, 0.4) is 0 Å². The van der Waals surface area contributed by atoms with Gasteiger partial charge in [0.2, 0.25) is 0 Å². The third-order valence-electron chi connectivity index (χ3n) is 3.20. The lowest BCUT2D eigenvalue weighted by atomic mass is 10.1. The van der Waals surface area contributed by atoms with E-state index in [9.17, 15) is 0 Å². The van der Waals surface area contributed by atoms with E-state index < -0.39 is 0 Å². The first kappa shape index (κ1) is 13.3. The highest BCUT2D eigenvalue weighted by Gasteiger charge is 2.20. The monoisotopic (exact) mass is 252 g/mol. The first-order chi connectivity index (χ1) is 8.83. The Labute approximate surface area is 107 Å². The number of aromatic nitrogens is 1. The zero-order chi connectivity index (χ0) is 12.8. The van der Waals surface area contributed by atoms with Crippen molar-refractivity contribution in [2.45, 2.75) is 25.6 Å². The zero-order valence-corrected chi connectivity index (χ0v) is 10.5. The highest BCUT2D eigenvalue weighted by molar-refractivity contribution is 5.39. The number of aliphatic hydroxyl groups excluding tert-OH is 2. The molecule has 1 aliphatic rings. The molecule has 1 aromatic heterocycles. The maximum atomic E-state index is 8.97. The fourth-order valence-corrected chi connectivity index (χ4v) is 2.17. The number of aliphatic hydroxyl groups is 2. The molecule has 1 aliphatic heterocycles. The minimum atomic E-state index is 0.0321. The van der Waals surface area contributed by atoms with Crippen molar-refractivity contribution in [1.29, 1.82) is 0 Å². The van der Waals surface area contributed by atoms with Crippen LogP contribution in [0.2, 0.25) is 0 Å². The zero-order valence-electron chi connectivity index (χ0n) is 10.5. The van der Waals surface area contributed by atoms with Crippen molar-refractivity contribution in [3.63, 3.8) is 0 Å². The maximum absolute atomic E-state index is 8.97. The first-order valence-electron chi connectivity index (χ1n) is 6.36. The third-order valence-corrected chi connectivity index (χ3v) is 3.20. The number of anilines is 1. The van der Waals surface area contributed by atoms with Gasteiger partial charge in [0.05, 0.1) is 25.9 Å². The minimum absolute atomic E-state index is 0.0321. The van der Waals surface area contributed by atoms with Gasteiger partial charge in [-0.1, -0.05) is 6.07 Å². The molecule has 2 N–H and O–H groups in total. The highest BCUT2D eigenvalue weighted by atomic mass is 16.5. The molecule has 18 heavy (non-hydrogen) atoms. The maximum Gasteiger partial charge on any atom is 0.128 e. The van der Waals surface area contributed by atoms with E-state index >= 15 is 0 Å². The molecule has 0 radical (unpaired) electrons. The molecule has 0 unspecified atom stereocenters. The van der Waals surface area contributed by atoms with Gasteiger partial charge in [-0.3, -0.25) is 0 Å². The topological polar surface area (TPSA) is 65.8 Å². The Hall–Kier alpha value is -1.17. The van der Waals surface area contributed by atoms with Crippen LogP contribution in [0.15, 0.2) is 18.3 Å². The Kier molecular flexibility index (Phi) is 4.92. The van der Waals surface area contributed by atoms with Crippen LogP contribution in [0, 0.1) is 0 Å². The molecule has 5 nitrogen and oxygen atoms in total. The third kappa shape index (κ3) is 3.41. The summed E-state index contributed by atoms with van der Waals surface area (Å²) in [5, 5.41) is 17.7. The molecule has 1 saturated heterocycles. The van der Waals surface area contributed by atoms with E-state index in [2.05, 4.69) is 9.88 Å². The first-order valence-corrected chi connectivity index (χ1v) is 6.36. The molecule has 1 fully saturated rings. The summed E-state index contributed by atoms with van der Waals surface area (Å²) in [5.41, 5.74) is 0.833. The van der Waals surface area contributed by atoms with E-state index in [1.807, 2.05) is 12.1 Å². The average Bonchev–Trinajstić information content (AvgIpc) is 2.46. The van der Waals surface area contributed by atoms with Crippen molar-refractivity contribution < 1.29 is 14.9 Å². The fraction of sp³-hybridized carbons (Fsp3) is 0.615. The van der Waals surface area contributed by atoms with Crippen LogP contribution >= 0.6 is 0 Å². The molecule has 0 amide bonds. The normalized spacial score (nSPS) is 17.1. The lowest BCUT2D eigenvalue weighted by Crippen LogP contribution is -2.37. The Morgan fingerprint density at radius 1 is 1.28 bits per heavy atom. The molecule has 0 atom stereocenters. The second-order valence-corrected chi connectivity index (χ2v) is 4.46. The molecule has 2 heterocycles. The number of piperidine rings is 1. The van der Waals surface area contributed by atoms with Crippen molar-refractivity contribution in [2.24, 2.45) is 0 Å². The van der Waals surface area contributed by atoms with E-state index in [0.717, 1.165) is 37.3 Å². The predicted molar refractivity (Wildman–Crippen MR) is 68.4 cm³/mol. The lowest BCUT2D eigenvalue weighted by Gasteiger charge is -2.32. The lowest BCUT2D eigenvalue weighted by molar-refractivity contribution is 0.0158. The Morgan fingerprint density at radius 2 is 2.06 bits per heavy atom. The van der Waals surface area contributed by atoms with Gasteiger partial charge < -0.3 is 19.8 Å². The standard InChI is InChI=1S/C13H20N2O3/c16-7-8-18-12-3-5-15(6-4-12)13-2-1-11(10-17)9-14-13/h1-2,9,12,16-17H,3-8,10H2. The van der Waals surface area contributed by atoms with Crippen LogP contribution < -0.4 is 4.90 Å². The highest BCUT2D eigenvalue weighted by Crippen LogP contribution is 2.19. The molecule has 0 aromatic carbocycles. The number of nitrogens with zero attached hydrogens (tertiary/aromatic N) is 2. The van der Waals surface area contributed by atoms with Crippen LogP contribution in [-0.2, 0) is 11.3 Å². The average molecular weight is 252 g/mol. The second-order valence-electron chi connectivity index (χ2n) is 4.46. The van der Waals surface area contributed by atoms with Gasteiger partial charge in [-0.05, 0) is 24.5 Å². The van der Waals surface area contributed by atoms with Crippen LogP contribution in [0.25, 0.3) is 0 Å². The van der Waals surface area contributed by atoms with Gasteiger partial charge in [0.15, 0.2) is 0 Å². The molecular formula is C13H20N2O3. The number of pyridine rings is 1. The van der Waals surface area contributed by atoms with Crippen molar-refractivity contribution in [3.05, 3.63) is 23.9 Å². The number of hydrogen-bond acceptors (Lipinski definition) is 5. The molecule has 0 bridgehead atoms. The van der Waals surface area contributed by atoms with Gasteiger partial charge in [-0.25, -0.2) is 4.98 Å². The van der Waals surface area contributed by atoms with E-state index in [-0.39, 0.29) is 19.3 Å². The largest absolute Gasteiger partial charge is 0.394 e. The van der Waals surface area contributed by atoms with E-state index in [1.54, 1.807) is 6.20 Å². The summed E-state index contributed by atoms with van der Waals surface area (Å²) in [7, 11) is 0. The summed E-state index contributed by atoms with van der Waals surface area (Å²) in [6.07, 6.45) is 3.89. The van der Waals surface area contributed by atoms with Crippen molar-refractivity contribution in [1.82, 2.24) is 4.98 Å². The van der Waals surface area contributed by atoms with E-state index in [1.165, 1.54) is 0 Å². The van der Waals surface area contributed by atoms with Crippen LogP contribution in [0.1, 0.15) is 18.4 Å². The molecule has 0 spiro atoms. The second kappa shape index (κ2) is 6.68. The van der Waals surface area contributed by atoms with E-state index in [0.29, 0.717) is 6.61 Å². The summed E-state index contributed by atoms with van der Waals surface area (Å²) in [6, 6.07) is 3.84. The van der Waals surface area contributed by atoms with Crippen LogP contribution in [0.4, 0.5) is 5.82 Å².